The lowest BCUT2D eigenvalue weighted by molar-refractivity contribution is -0.274. The van der Waals surface area contributed by atoms with Gasteiger partial charge < -0.3 is 15.4 Å². The first-order valence-electron chi connectivity index (χ1n) is 8.62. The topological polar surface area (TPSA) is 59.1 Å². The van der Waals surface area contributed by atoms with Crippen LogP contribution in [0, 0.1) is 0 Å². The molecular weight excluding hydrogens is 345 g/mol. The Kier molecular flexibility index (Phi) is 5.49. The third kappa shape index (κ3) is 5.00. The molecule has 140 valence electrons. The van der Waals surface area contributed by atoms with Gasteiger partial charge >= 0.3 is 6.36 Å². The second-order valence-electron chi connectivity index (χ2n) is 6.27. The minimum Gasteiger partial charge on any atom is -0.406 e. The number of rotatable bonds is 5. The third-order valence-electron chi connectivity index (χ3n) is 4.28. The third-order valence-corrected chi connectivity index (χ3v) is 4.28. The lowest BCUT2D eigenvalue weighted by Gasteiger charge is -2.23. The lowest BCUT2D eigenvalue weighted by atomic mass is 9.96. The molecule has 1 heterocycles. The van der Waals surface area contributed by atoms with E-state index in [0.717, 1.165) is 12.8 Å². The monoisotopic (exact) mass is 366 g/mol. The molecule has 0 radical (unpaired) electrons. The van der Waals surface area contributed by atoms with Crippen LogP contribution in [0.2, 0.25) is 0 Å². The van der Waals surface area contributed by atoms with E-state index < -0.39 is 6.36 Å². The van der Waals surface area contributed by atoms with Crippen LogP contribution in [0.4, 0.5) is 24.9 Å². The maximum atomic E-state index is 12.5. The molecule has 0 saturated heterocycles. The van der Waals surface area contributed by atoms with E-state index in [1.54, 1.807) is 19.2 Å². The van der Waals surface area contributed by atoms with E-state index in [9.17, 15) is 13.2 Å². The molecule has 5 nitrogen and oxygen atoms in total. The number of hydrogen-bond acceptors (Lipinski definition) is 5. The van der Waals surface area contributed by atoms with Crippen molar-refractivity contribution in [3.8, 4) is 17.0 Å². The molecule has 1 aliphatic carbocycles. The molecule has 2 aromatic rings. The van der Waals surface area contributed by atoms with Crippen LogP contribution in [-0.2, 0) is 0 Å². The summed E-state index contributed by atoms with van der Waals surface area (Å²) in [5.74, 6) is 0.790. The molecule has 0 amide bonds. The summed E-state index contributed by atoms with van der Waals surface area (Å²) in [6, 6.07) is 7.79. The molecule has 2 N–H and O–H groups in total. The summed E-state index contributed by atoms with van der Waals surface area (Å²) in [6.07, 6.45) is 0.996. The van der Waals surface area contributed by atoms with Crippen molar-refractivity contribution in [3.63, 3.8) is 0 Å². The molecule has 0 unspecified atom stereocenters. The Morgan fingerprint density at radius 2 is 1.85 bits per heavy atom. The van der Waals surface area contributed by atoms with Gasteiger partial charge in [0.15, 0.2) is 0 Å². The van der Waals surface area contributed by atoms with Crippen molar-refractivity contribution in [2.75, 3.05) is 17.7 Å². The summed E-state index contributed by atoms with van der Waals surface area (Å²) in [7, 11) is 1.74. The zero-order valence-corrected chi connectivity index (χ0v) is 14.4. The first kappa shape index (κ1) is 18.3. The second-order valence-corrected chi connectivity index (χ2v) is 6.27. The van der Waals surface area contributed by atoms with Gasteiger partial charge in [-0.2, -0.15) is 4.98 Å². The summed E-state index contributed by atoms with van der Waals surface area (Å²) < 4.78 is 41.4. The van der Waals surface area contributed by atoms with Gasteiger partial charge in [0.25, 0.3) is 0 Å². The van der Waals surface area contributed by atoms with Crippen molar-refractivity contribution in [2.45, 2.75) is 44.5 Å². The second kappa shape index (κ2) is 7.80. The first-order chi connectivity index (χ1) is 12.4. The highest BCUT2D eigenvalue weighted by Crippen LogP contribution is 2.29. The highest BCUT2D eigenvalue weighted by Gasteiger charge is 2.31. The van der Waals surface area contributed by atoms with Crippen molar-refractivity contribution in [3.05, 3.63) is 30.3 Å². The average molecular weight is 366 g/mol. The molecule has 3 rings (SSSR count). The van der Waals surface area contributed by atoms with E-state index in [4.69, 9.17) is 0 Å². The van der Waals surface area contributed by atoms with Crippen LogP contribution in [0.5, 0.6) is 5.75 Å². The highest BCUT2D eigenvalue weighted by molar-refractivity contribution is 5.65. The normalized spacial score (nSPS) is 15.5. The van der Waals surface area contributed by atoms with Crippen LogP contribution in [0.1, 0.15) is 32.1 Å². The van der Waals surface area contributed by atoms with E-state index in [-0.39, 0.29) is 5.75 Å². The zero-order valence-electron chi connectivity index (χ0n) is 14.4. The quantitative estimate of drug-likeness (QED) is 0.794. The molecule has 0 aliphatic heterocycles. The SMILES string of the molecule is CNc1cc(-c2cccc(OC(F)(F)F)c2)nc(NC2CCCCC2)n1. The number of ether oxygens (including phenoxy) is 1. The minimum absolute atomic E-state index is 0.276. The molecule has 26 heavy (non-hydrogen) atoms. The molecule has 1 aliphatic rings. The first-order valence-corrected chi connectivity index (χ1v) is 8.62. The fourth-order valence-electron chi connectivity index (χ4n) is 3.07. The molecule has 0 spiro atoms. The van der Waals surface area contributed by atoms with Crippen LogP contribution < -0.4 is 15.4 Å². The highest BCUT2D eigenvalue weighted by atomic mass is 19.4. The number of anilines is 2. The van der Waals surface area contributed by atoms with Gasteiger partial charge in [0, 0.05) is 24.7 Å². The number of alkyl halides is 3. The van der Waals surface area contributed by atoms with Crippen LogP contribution in [0.15, 0.2) is 30.3 Å². The number of halogens is 3. The van der Waals surface area contributed by atoms with Gasteiger partial charge in [-0.05, 0) is 25.0 Å². The summed E-state index contributed by atoms with van der Waals surface area (Å²) in [4.78, 5) is 8.89. The van der Waals surface area contributed by atoms with Gasteiger partial charge in [0.1, 0.15) is 11.6 Å². The molecule has 8 heteroatoms. The van der Waals surface area contributed by atoms with Gasteiger partial charge in [0.05, 0.1) is 5.69 Å². The fraction of sp³-hybridized carbons (Fsp3) is 0.444. The van der Waals surface area contributed by atoms with Gasteiger partial charge in [-0.15, -0.1) is 13.2 Å². The smallest absolute Gasteiger partial charge is 0.406 e. The summed E-state index contributed by atoms with van der Waals surface area (Å²) in [5, 5.41) is 6.31. The molecule has 0 bridgehead atoms. The summed E-state index contributed by atoms with van der Waals surface area (Å²) in [6.45, 7) is 0. The van der Waals surface area contributed by atoms with Crippen LogP contribution in [0.3, 0.4) is 0 Å². The maximum absolute atomic E-state index is 12.5. The Labute approximate surface area is 150 Å². The number of nitrogens with one attached hydrogen (secondary N) is 2. The minimum atomic E-state index is -4.73. The van der Waals surface area contributed by atoms with Gasteiger partial charge in [-0.3, -0.25) is 0 Å². The van der Waals surface area contributed by atoms with Crippen molar-refractivity contribution < 1.29 is 17.9 Å². The van der Waals surface area contributed by atoms with Crippen molar-refractivity contribution in [1.29, 1.82) is 0 Å². The number of nitrogens with zero attached hydrogens (tertiary/aromatic N) is 2. The van der Waals surface area contributed by atoms with Gasteiger partial charge in [-0.1, -0.05) is 31.4 Å². The summed E-state index contributed by atoms with van der Waals surface area (Å²) >= 11 is 0. The fourth-order valence-corrected chi connectivity index (χ4v) is 3.07. The van der Waals surface area contributed by atoms with Gasteiger partial charge in [-0.25, -0.2) is 4.98 Å². The Morgan fingerprint density at radius 3 is 2.54 bits per heavy atom. The van der Waals surface area contributed by atoms with E-state index in [0.29, 0.717) is 29.1 Å². The summed E-state index contributed by atoms with van der Waals surface area (Å²) in [5.41, 5.74) is 1.05. The van der Waals surface area contributed by atoms with Gasteiger partial charge in [0.2, 0.25) is 5.95 Å². The molecule has 1 fully saturated rings. The lowest BCUT2D eigenvalue weighted by Crippen LogP contribution is -2.23. The van der Waals surface area contributed by atoms with E-state index in [2.05, 4.69) is 25.3 Å². The zero-order chi connectivity index (χ0) is 18.6. The Hall–Kier alpha value is -2.51. The standard InChI is InChI=1S/C18H21F3N4O/c1-22-16-11-15(12-6-5-9-14(10-12)26-18(19,20)21)24-17(25-16)23-13-7-3-2-4-8-13/h5-6,9-11,13H,2-4,7-8H2,1H3,(H2,22,23,24,25). The van der Waals surface area contributed by atoms with Crippen molar-refractivity contribution >= 4 is 11.8 Å². The van der Waals surface area contributed by atoms with Crippen LogP contribution in [-0.4, -0.2) is 29.4 Å². The predicted octanol–water partition coefficient (Wildman–Crippen LogP) is 4.83. The van der Waals surface area contributed by atoms with Crippen LogP contribution in [0.25, 0.3) is 11.3 Å². The van der Waals surface area contributed by atoms with E-state index in [1.165, 1.54) is 37.5 Å². The van der Waals surface area contributed by atoms with Crippen molar-refractivity contribution in [2.24, 2.45) is 0 Å². The predicted molar refractivity (Wildman–Crippen MR) is 94.2 cm³/mol. The van der Waals surface area contributed by atoms with E-state index in [1.807, 2.05) is 0 Å². The van der Waals surface area contributed by atoms with Crippen LogP contribution >= 0.6 is 0 Å². The number of aromatic nitrogens is 2. The molecule has 0 atom stereocenters. The Bertz CT molecular complexity index is 745. The maximum Gasteiger partial charge on any atom is 0.573 e. The molecule has 1 saturated carbocycles. The van der Waals surface area contributed by atoms with E-state index >= 15 is 0 Å². The average Bonchev–Trinajstić information content (AvgIpc) is 2.61. The molecular formula is C18H21F3N4O. The number of hydrogen-bond donors (Lipinski definition) is 2. The number of benzene rings is 1. The van der Waals surface area contributed by atoms with Crippen molar-refractivity contribution in [1.82, 2.24) is 9.97 Å². The Balaban J connectivity index is 1.86. The Morgan fingerprint density at radius 1 is 1.08 bits per heavy atom. The molecule has 1 aromatic carbocycles. The largest absolute Gasteiger partial charge is 0.573 e. The molecule has 1 aromatic heterocycles.